The summed E-state index contributed by atoms with van der Waals surface area (Å²) in [5, 5.41) is 9.70. The molecule has 4 nitrogen and oxygen atoms in total. The molecule has 3 rings (SSSR count). The van der Waals surface area contributed by atoms with Crippen molar-refractivity contribution in [2.45, 2.75) is 27.3 Å². The van der Waals surface area contributed by atoms with Gasteiger partial charge in [0.1, 0.15) is 17.2 Å². The number of thiophene rings is 1. The fourth-order valence-corrected chi connectivity index (χ4v) is 3.49. The van der Waals surface area contributed by atoms with Crippen LogP contribution < -0.4 is 5.56 Å². The first-order chi connectivity index (χ1) is 10.5. The zero-order valence-electron chi connectivity index (χ0n) is 12.7. The molecule has 0 aliphatic rings. The maximum Gasteiger partial charge on any atom is 0.263 e. The van der Waals surface area contributed by atoms with Crippen molar-refractivity contribution in [1.82, 2.24) is 9.55 Å². The highest BCUT2D eigenvalue weighted by Gasteiger charge is 2.17. The Morgan fingerprint density at radius 1 is 1.23 bits per heavy atom. The van der Waals surface area contributed by atoms with Crippen LogP contribution in [0, 0.1) is 32.1 Å². The Bertz CT molecular complexity index is 959. The van der Waals surface area contributed by atoms with Gasteiger partial charge in [0, 0.05) is 10.4 Å². The highest BCUT2D eigenvalue weighted by Crippen LogP contribution is 2.28. The maximum atomic E-state index is 12.8. The van der Waals surface area contributed by atoms with Crippen molar-refractivity contribution in [2.75, 3.05) is 0 Å². The molecule has 0 atom stereocenters. The van der Waals surface area contributed by atoms with Gasteiger partial charge < -0.3 is 0 Å². The average molecular weight is 309 g/mol. The predicted molar refractivity (Wildman–Crippen MR) is 89.1 cm³/mol. The smallest absolute Gasteiger partial charge is 0.263 e. The summed E-state index contributed by atoms with van der Waals surface area (Å²) in [6, 6.07) is 9.89. The number of hydrogen-bond acceptors (Lipinski definition) is 4. The third-order valence-electron chi connectivity index (χ3n) is 3.83. The van der Waals surface area contributed by atoms with Gasteiger partial charge in [-0.1, -0.05) is 29.8 Å². The van der Waals surface area contributed by atoms with Crippen molar-refractivity contribution in [1.29, 1.82) is 5.26 Å². The fourth-order valence-electron chi connectivity index (χ4n) is 2.47. The van der Waals surface area contributed by atoms with Gasteiger partial charge in [0.05, 0.1) is 11.5 Å². The van der Waals surface area contributed by atoms with Crippen LogP contribution in [-0.2, 0) is 6.54 Å². The lowest BCUT2D eigenvalue weighted by atomic mass is 10.1. The molecule has 2 heterocycles. The average Bonchev–Trinajstić information content (AvgIpc) is 2.78. The quantitative estimate of drug-likeness (QED) is 0.727. The van der Waals surface area contributed by atoms with Crippen molar-refractivity contribution >= 4 is 21.6 Å². The molecule has 1 aromatic carbocycles. The molecule has 0 saturated carbocycles. The standard InChI is InChI=1S/C17H15N3OS/c1-10-4-6-13(7-5-10)15-19-16-14(11(2)12(3)22-16)17(21)20(15)9-8-18/h4-7H,9H2,1-3H3. The van der Waals surface area contributed by atoms with Crippen LogP contribution in [0.2, 0.25) is 0 Å². The van der Waals surface area contributed by atoms with Crippen molar-refractivity contribution < 1.29 is 0 Å². The van der Waals surface area contributed by atoms with Gasteiger partial charge in [0.2, 0.25) is 0 Å². The molecule has 0 radical (unpaired) electrons. The van der Waals surface area contributed by atoms with Crippen LogP contribution in [0.3, 0.4) is 0 Å². The minimum atomic E-state index is -0.135. The van der Waals surface area contributed by atoms with Gasteiger partial charge in [0.25, 0.3) is 5.56 Å². The lowest BCUT2D eigenvalue weighted by molar-refractivity contribution is 0.788. The highest BCUT2D eigenvalue weighted by atomic mass is 32.1. The SMILES string of the molecule is Cc1ccc(-c2nc3sc(C)c(C)c3c(=O)n2CC#N)cc1. The predicted octanol–water partition coefficient (Wildman–Crippen LogP) is 3.57. The van der Waals surface area contributed by atoms with E-state index in [-0.39, 0.29) is 12.1 Å². The summed E-state index contributed by atoms with van der Waals surface area (Å²) in [6.45, 7) is 5.93. The molecule has 3 aromatic rings. The second-order valence-electron chi connectivity index (χ2n) is 5.31. The summed E-state index contributed by atoms with van der Waals surface area (Å²) in [4.78, 5) is 19.3. The normalized spacial score (nSPS) is 10.8. The molecule has 0 unspecified atom stereocenters. The third-order valence-corrected chi connectivity index (χ3v) is 4.93. The van der Waals surface area contributed by atoms with Crippen molar-refractivity contribution in [2.24, 2.45) is 0 Å². The first kappa shape index (κ1) is 14.5. The van der Waals surface area contributed by atoms with E-state index in [2.05, 4.69) is 11.1 Å². The molecule has 0 bridgehead atoms. The minimum absolute atomic E-state index is 0.000677. The Morgan fingerprint density at radius 2 is 1.91 bits per heavy atom. The lowest BCUT2D eigenvalue weighted by Gasteiger charge is -2.10. The van der Waals surface area contributed by atoms with Gasteiger partial charge in [-0.15, -0.1) is 11.3 Å². The Labute approximate surface area is 132 Å². The summed E-state index contributed by atoms with van der Waals surface area (Å²) < 4.78 is 1.46. The van der Waals surface area contributed by atoms with Crippen molar-refractivity contribution in [3.05, 3.63) is 50.6 Å². The van der Waals surface area contributed by atoms with Gasteiger partial charge in [-0.25, -0.2) is 4.98 Å². The van der Waals surface area contributed by atoms with E-state index < -0.39 is 0 Å². The number of hydrogen-bond donors (Lipinski definition) is 0. The summed E-state index contributed by atoms with van der Waals surface area (Å²) >= 11 is 1.52. The van der Waals surface area contributed by atoms with Gasteiger partial charge in [-0.2, -0.15) is 5.26 Å². The third kappa shape index (κ3) is 2.22. The van der Waals surface area contributed by atoms with E-state index in [4.69, 9.17) is 5.26 Å². The highest BCUT2D eigenvalue weighted by molar-refractivity contribution is 7.18. The monoisotopic (exact) mass is 309 g/mol. The number of fused-ring (bicyclic) bond motifs is 1. The molecule has 5 heteroatoms. The number of nitrogens with zero attached hydrogens (tertiary/aromatic N) is 3. The fraction of sp³-hybridized carbons (Fsp3) is 0.235. The van der Waals surface area contributed by atoms with E-state index in [1.54, 1.807) is 0 Å². The minimum Gasteiger partial charge on any atom is -0.278 e. The van der Waals surface area contributed by atoms with E-state index >= 15 is 0 Å². The molecule has 0 aliphatic carbocycles. The summed E-state index contributed by atoms with van der Waals surface area (Å²) in [5.41, 5.74) is 2.81. The van der Waals surface area contributed by atoms with E-state index in [1.165, 1.54) is 15.9 Å². The first-order valence-electron chi connectivity index (χ1n) is 6.97. The van der Waals surface area contributed by atoms with Crippen LogP contribution in [0.25, 0.3) is 21.6 Å². The van der Waals surface area contributed by atoms with Gasteiger partial charge in [-0.05, 0) is 26.3 Å². The first-order valence-corrected chi connectivity index (χ1v) is 7.79. The molecule has 110 valence electrons. The van der Waals surface area contributed by atoms with Gasteiger partial charge >= 0.3 is 0 Å². The molecule has 0 fully saturated rings. The second-order valence-corrected chi connectivity index (χ2v) is 6.52. The van der Waals surface area contributed by atoms with Gasteiger partial charge in [-0.3, -0.25) is 9.36 Å². The number of rotatable bonds is 2. The van der Waals surface area contributed by atoms with Crippen LogP contribution in [0.5, 0.6) is 0 Å². The van der Waals surface area contributed by atoms with Crippen LogP contribution in [0.4, 0.5) is 0 Å². The summed E-state index contributed by atoms with van der Waals surface area (Å²) in [6.07, 6.45) is 0. The lowest BCUT2D eigenvalue weighted by Crippen LogP contribution is -2.23. The molecule has 0 N–H and O–H groups in total. The van der Waals surface area contributed by atoms with Crippen LogP contribution in [0.1, 0.15) is 16.0 Å². The molecule has 22 heavy (non-hydrogen) atoms. The van der Waals surface area contributed by atoms with Crippen molar-refractivity contribution in [3.63, 3.8) is 0 Å². The van der Waals surface area contributed by atoms with E-state index in [1.807, 2.05) is 45.0 Å². The zero-order valence-corrected chi connectivity index (χ0v) is 13.5. The maximum absolute atomic E-state index is 12.8. The largest absolute Gasteiger partial charge is 0.278 e. The number of aromatic nitrogens is 2. The van der Waals surface area contributed by atoms with E-state index in [0.717, 1.165) is 26.4 Å². The van der Waals surface area contributed by atoms with Gasteiger partial charge in [0.15, 0.2) is 0 Å². The molecular formula is C17H15N3OS. The Morgan fingerprint density at radius 3 is 2.55 bits per heavy atom. The number of aryl methyl sites for hydroxylation is 3. The Balaban J connectivity index is 2.38. The number of benzene rings is 1. The molecule has 0 aliphatic heterocycles. The molecule has 2 aromatic heterocycles. The molecule has 0 spiro atoms. The molecular weight excluding hydrogens is 294 g/mol. The van der Waals surface area contributed by atoms with Crippen LogP contribution >= 0.6 is 11.3 Å². The van der Waals surface area contributed by atoms with E-state index in [0.29, 0.717) is 11.2 Å². The second kappa shape index (κ2) is 5.39. The summed E-state index contributed by atoms with van der Waals surface area (Å²) in [5.74, 6) is 0.556. The van der Waals surface area contributed by atoms with E-state index in [9.17, 15) is 4.79 Å². The summed E-state index contributed by atoms with van der Waals surface area (Å²) in [7, 11) is 0. The Kier molecular flexibility index (Phi) is 3.55. The zero-order chi connectivity index (χ0) is 15.9. The topological polar surface area (TPSA) is 58.7 Å². The van der Waals surface area contributed by atoms with Crippen LogP contribution in [-0.4, -0.2) is 9.55 Å². The molecule has 0 amide bonds. The van der Waals surface area contributed by atoms with Crippen molar-refractivity contribution in [3.8, 4) is 17.5 Å². The van der Waals surface area contributed by atoms with Crippen LogP contribution in [0.15, 0.2) is 29.1 Å². The number of nitriles is 1. The molecule has 0 saturated heterocycles. The Hall–Kier alpha value is -2.45.